The third-order valence-corrected chi connectivity index (χ3v) is 3.74. The van der Waals surface area contributed by atoms with Gasteiger partial charge in [-0.05, 0) is 31.0 Å². The molecule has 2 heterocycles. The van der Waals surface area contributed by atoms with Crippen LogP contribution in [-0.4, -0.2) is 23.9 Å². The molecule has 1 aromatic rings. The molecule has 1 fully saturated rings. The Hall–Kier alpha value is -0.770. The van der Waals surface area contributed by atoms with E-state index in [1.165, 1.54) is 0 Å². The summed E-state index contributed by atoms with van der Waals surface area (Å²) < 4.78 is 11.5. The van der Waals surface area contributed by atoms with Crippen LogP contribution >= 0.6 is 11.6 Å². The molecule has 2 unspecified atom stereocenters. The molecule has 0 saturated carbocycles. The zero-order chi connectivity index (χ0) is 11.9. The van der Waals surface area contributed by atoms with Gasteiger partial charge in [-0.2, -0.15) is 0 Å². The van der Waals surface area contributed by atoms with Gasteiger partial charge in [-0.1, -0.05) is 11.6 Å². The quantitative estimate of drug-likeness (QED) is 0.774. The van der Waals surface area contributed by atoms with E-state index in [9.17, 15) is 5.11 Å². The Morgan fingerprint density at radius 1 is 1.41 bits per heavy atom. The van der Waals surface area contributed by atoms with Gasteiger partial charge < -0.3 is 14.6 Å². The van der Waals surface area contributed by atoms with Crippen LogP contribution in [0.3, 0.4) is 0 Å². The van der Waals surface area contributed by atoms with Crippen molar-refractivity contribution in [3.05, 3.63) is 28.8 Å². The molecule has 1 spiro atoms. The number of ether oxygens (including phenoxy) is 2. The van der Waals surface area contributed by atoms with Crippen molar-refractivity contribution in [1.82, 2.24) is 0 Å². The Bertz CT molecular complexity index is 427. The first-order valence-corrected chi connectivity index (χ1v) is 6.31. The molecule has 3 rings (SSSR count). The molecule has 1 N–H and O–H groups in total. The molecule has 0 radical (unpaired) electrons. The van der Waals surface area contributed by atoms with E-state index in [0.29, 0.717) is 18.1 Å². The highest BCUT2D eigenvalue weighted by molar-refractivity contribution is 6.30. The van der Waals surface area contributed by atoms with Gasteiger partial charge in [0.25, 0.3) is 0 Å². The average molecular weight is 255 g/mol. The highest BCUT2D eigenvalue weighted by Crippen LogP contribution is 2.43. The van der Waals surface area contributed by atoms with Gasteiger partial charge in [0.15, 0.2) is 0 Å². The van der Waals surface area contributed by atoms with Crippen molar-refractivity contribution < 1.29 is 14.6 Å². The van der Waals surface area contributed by atoms with E-state index in [-0.39, 0.29) is 5.60 Å². The SMILES string of the molecule is OC1CC2(CCCOC2)Oc2ccc(Cl)cc21. The second-order valence-corrected chi connectivity index (χ2v) is 5.28. The summed E-state index contributed by atoms with van der Waals surface area (Å²) in [6, 6.07) is 5.39. The minimum Gasteiger partial charge on any atom is -0.484 e. The molecule has 17 heavy (non-hydrogen) atoms. The van der Waals surface area contributed by atoms with Crippen LogP contribution in [0.2, 0.25) is 5.02 Å². The summed E-state index contributed by atoms with van der Waals surface area (Å²) in [6.07, 6.45) is 1.99. The van der Waals surface area contributed by atoms with Gasteiger partial charge in [0.05, 0.1) is 12.7 Å². The number of hydrogen-bond acceptors (Lipinski definition) is 3. The molecule has 2 atom stereocenters. The summed E-state index contributed by atoms with van der Waals surface area (Å²) in [6.45, 7) is 1.35. The fourth-order valence-electron chi connectivity index (χ4n) is 2.68. The van der Waals surface area contributed by atoms with Crippen LogP contribution in [0.15, 0.2) is 18.2 Å². The van der Waals surface area contributed by atoms with Gasteiger partial charge >= 0.3 is 0 Å². The van der Waals surface area contributed by atoms with Gasteiger partial charge in [-0.25, -0.2) is 0 Å². The van der Waals surface area contributed by atoms with Crippen molar-refractivity contribution in [2.24, 2.45) is 0 Å². The maximum absolute atomic E-state index is 10.2. The summed E-state index contributed by atoms with van der Waals surface area (Å²) >= 11 is 5.93. The minimum atomic E-state index is -0.515. The molecular formula is C13H15ClO3. The predicted molar refractivity (Wildman–Crippen MR) is 64.4 cm³/mol. The topological polar surface area (TPSA) is 38.7 Å². The summed E-state index contributed by atoms with van der Waals surface area (Å²) in [5.74, 6) is 0.735. The second-order valence-electron chi connectivity index (χ2n) is 4.84. The van der Waals surface area contributed by atoms with Gasteiger partial charge in [0.1, 0.15) is 11.4 Å². The largest absolute Gasteiger partial charge is 0.484 e. The highest BCUT2D eigenvalue weighted by atomic mass is 35.5. The fourth-order valence-corrected chi connectivity index (χ4v) is 2.86. The van der Waals surface area contributed by atoms with E-state index in [4.69, 9.17) is 21.1 Å². The lowest BCUT2D eigenvalue weighted by Gasteiger charge is -2.42. The lowest BCUT2D eigenvalue weighted by atomic mass is 9.85. The molecule has 1 saturated heterocycles. The Labute approximate surface area is 105 Å². The smallest absolute Gasteiger partial charge is 0.135 e. The van der Waals surface area contributed by atoms with Crippen molar-refractivity contribution >= 4 is 11.6 Å². The highest BCUT2D eigenvalue weighted by Gasteiger charge is 2.42. The molecule has 2 aliphatic heterocycles. The summed E-state index contributed by atoms with van der Waals surface area (Å²) in [7, 11) is 0. The Balaban J connectivity index is 1.94. The number of aliphatic hydroxyl groups is 1. The molecule has 92 valence electrons. The van der Waals surface area contributed by atoms with E-state index in [1.807, 2.05) is 6.07 Å². The summed E-state index contributed by atoms with van der Waals surface area (Å²) in [5, 5.41) is 10.8. The minimum absolute atomic E-state index is 0.349. The van der Waals surface area contributed by atoms with Crippen LogP contribution in [0.5, 0.6) is 5.75 Å². The molecule has 0 amide bonds. The first-order chi connectivity index (χ1) is 8.19. The lowest BCUT2D eigenvalue weighted by Crippen LogP contribution is -2.47. The van der Waals surface area contributed by atoms with E-state index in [0.717, 1.165) is 30.8 Å². The molecular weight excluding hydrogens is 240 g/mol. The second kappa shape index (κ2) is 4.16. The molecule has 0 aromatic heterocycles. The van der Waals surface area contributed by atoms with Gasteiger partial charge in [0, 0.05) is 23.6 Å². The van der Waals surface area contributed by atoms with Crippen LogP contribution in [0.4, 0.5) is 0 Å². The molecule has 4 heteroatoms. The van der Waals surface area contributed by atoms with Gasteiger partial charge in [0.2, 0.25) is 0 Å². The first kappa shape index (κ1) is 11.3. The Kier molecular flexibility index (Phi) is 2.77. The van der Waals surface area contributed by atoms with Crippen molar-refractivity contribution in [2.75, 3.05) is 13.2 Å². The lowest BCUT2D eigenvalue weighted by molar-refractivity contribution is -0.103. The molecule has 0 bridgehead atoms. The van der Waals surface area contributed by atoms with Crippen molar-refractivity contribution in [1.29, 1.82) is 0 Å². The Morgan fingerprint density at radius 3 is 3.06 bits per heavy atom. The monoisotopic (exact) mass is 254 g/mol. The number of rotatable bonds is 0. The third-order valence-electron chi connectivity index (χ3n) is 3.51. The van der Waals surface area contributed by atoms with E-state index in [1.54, 1.807) is 12.1 Å². The number of fused-ring (bicyclic) bond motifs is 1. The zero-order valence-corrected chi connectivity index (χ0v) is 10.2. The predicted octanol–water partition coefficient (Wildman–Crippen LogP) is 2.71. The molecule has 0 aliphatic carbocycles. The Morgan fingerprint density at radius 2 is 2.29 bits per heavy atom. The maximum Gasteiger partial charge on any atom is 0.135 e. The zero-order valence-electron chi connectivity index (χ0n) is 9.49. The molecule has 3 nitrogen and oxygen atoms in total. The van der Waals surface area contributed by atoms with Crippen molar-refractivity contribution in [3.63, 3.8) is 0 Å². The standard InChI is InChI=1S/C13H15ClO3/c14-9-2-3-12-10(6-9)11(15)7-13(17-12)4-1-5-16-8-13/h2-3,6,11,15H,1,4-5,7-8H2. The van der Waals surface area contributed by atoms with E-state index >= 15 is 0 Å². The van der Waals surface area contributed by atoms with Gasteiger partial charge in [-0.3, -0.25) is 0 Å². The normalized spacial score (nSPS) is 32.0. The van der Waals surface area contributed by atoms with Crippen LogP contribution in [-0.2, 0) is 4.74 Å². The molecule has 1 aromatic carbocycles. The number of aliphatic hydroxyl groups excluding tert-OH is 1. The number of halogens is 1. The summed E-state index contributed by atoms with van der Waals surface area (Å²) in [5.41, 5.74) is 0.437. The van der Waals surface area contributed by atoms with Crippen LogP contribution < -0.4 is 4.74 Å². The number of benzene rings is 1. The molecule has 2 aliphatic rings. The summed E-state index contributed by atoms with van der Waals surface area (Å²) in [4.78, 5) is 0. The maximum atomic E-state index is 10.2. The fraction of sp³-hybridized carbons (Fsp3) is 0.538. The first-order valence-electron chi connectivity index (χ1n) is 5.93. The van der Waals surface area contributed by atoms with E-state index in [2.05, 4.69) is 0 Å². The van der Waals surface area contributed by atoms with Crippen LogP contribution in [0.25, 0.3) is 0 Å². The van der Waals surface area contributed by atoms with Crippen LogP contribution in [0, 0.1) is 0 Å². The average Bonchev–Trinajstić information content (AvgIpc) is 2.31. The van der Waals surface area contributed by atoms with Crippen molar-refractivity contribution in [3.8, 4) is 5.75 Å². The van der Waals surface area contributed by atoms with Gasteiger partial charge in [-0.15, -0.1) is 0 Å². The van der Waals surface area contributed by atoms with Crippen LogP contribution in [0.1, 0.15) is 30.9 Å². The van der Waals surface area contributed by atoms with E-state index < -0.39 is 6.10 Å². The number of hydrogen-bond donors (Lipinski definition) is 1. The third kappa shape index (κ3) is 2.03. The van der Waals surface area contributed by atoms with Crippen molar-refractivity contribution in [2.45, 2.75) is 31.0 Å².